The molecule has 1 saturated heterocycles. The fraction of sp³-hybridized carbons (Fsp3) is 0.667. The summed E-state index contributed by atoms with van der Waals surface area (Å²) in [7, 11) is 0. The molecule has 2 unspecified atom stereocenters. The molecule has 1 aromatic rings. The molecule has 1 aromatic heterocycles. The van der Waals surface area contributed by atoms with E-state index >= 15 is 0 Å². The van der Waals surface area contributed by atoms with Crippen LogP contribution in [0.15, 0.2) is 4.52 Å². The number of carbonyl (C=O) groups is 2. The maximum Gasteiger partial charge on any atom is 0.245 e. The maximum absolute atomic E-state index is 12.8. The molecule has 1 aliphatic rings. The van der Waals surface area contributed by atoms with Crippen molar-refractivity contribution in [3.8, 4) is 0 Å². The second kappa shape index (κ2) is 5.87. The number of carbonyl (C=O) groups excluding carboxylic acids is 2. The topological polar surface area (TPSA) is 75.4 Å². The van der Waals surface area contributed by atoms with Gasteiger partial charge in [0.25, 0.3) is 0 Å². The highest BCUT2D eigenvalue weighted by molar-refractivity contribution is 5.90. The second-order valence-electron chi connectivity index (χ2n) is 5.98. The minimum Gasteiger partial charge on any atom is -0.361 e. The van der Waals surface area contributed by atoms with E-state index < -0.39 is 6.04 Å². The van der Waals surface area contributed by atoms with E-state index in [0.717, 1.165) is 17.0 Å². The van der Waals surface area contributed by atoms with Crippen molar-refractivity contribution in [2.24, 2.45) is 5.92 Å². The number of rotatable bonds is 3. The van der Waals surface area contributed by atoms with Gasteiger partial charge in [0.2, 0.25) is 11.8 Å². The normalized spacial score (nSPS) is 21.4. The van der Waals surface area contributed by atoms with E-state index in [1.807, 2.05) is 34.6 Å². The van der Waals surface area contributed by atoms with Gasteiger partial charge in [-0.1, -0.05) is 19.0 Å². The Morgan fingerprint density at radius 2 is 1.95 bits per heavy atom. The zero-order valence-corrected chi connectivity index (χ0v) is 13.3. The van der Waals surface area contributed by atoms with Crippen LogP contribution in [0.5, 0.6) is 0 Å². The van der Waals surface area contributed by atoms with Gasteiger partial charge in [0, 0.05) is 18.5 Å². The van der Waals surface area contributed by atoms with Gasteiger partial charge in [0.15, 0.2) is 0 Å². The zero-order chi connectivity index (χ0) is 15.7. The molecule has 2 heterocycles. The van der Waals surface area contributed by atoms with Gasteiger partial charge in [0.05, 0.1) is 11.7 Å². The summed E-state index contributed by atoms with van der Waals surface area (Å²) in [5.74, 6) is 0.662. The van der Waals surface area contributed by atoms with Gasteiger partial charge in [0.1, 0.15) is 11.8 Å². The van der Waals surface area contributed by atoms with Crippen LogP contribution in [0.25, 0.3) is 0 Å². The van der Waals surface area contributed by atoms with Crippen molar-refractivity contribution in [2.45, 2.75) is 53.1 Å². The largest absolute Gasteiger partial charge is 0.361 e. The molecule has 1 fully saturated rings. The number of hydrogen-bond acceptors (Lipinski definition) is 4. The minimum absolute atomic E-state index is 0.0386. The molecule has 1 N–H and O–H groups in total. The minimum atomic E-state index is -0.470. The Morgan fingerprint density at radius 3 is 2.48 bits per heavy atom. The van der Waals surface area contributed by atoms with Gasteiger partial charge in [-0.05, 0) is 26.7 Å². The Bertz CT molecular complexity index is 531. The quantitative estimate of drug-likeness (QED) is 0.921. The van der Waals surface area contributed by atoms with Crippen LogP contribution in [0.4, 0.5) is 0 Å². The summed E-state index contributed by atoms with van der Waals surface area (Å²) < 4.78 is 5.20. The van der Waals surface area contributed by atoms with Gasteiger partial charge in [-0.25, -0.2) is 0 Å². The molecule has 2 amide bonds. The van der Waals surface area contributed by atoms with Crippen molar-refractivity contribution >= 4 is 11.8 Å². The molecule has 2 rings (SSSR count). The van der Waals surface area contributed by atoms with Crippen LogP contribution in [0.2, 0.25) is 0 Å². The summed E-state index contributed by atoms with van der Waals surface area (Å²) in [4.78, 5) is 26.3. The fourth-order valence-electron chi connectivity index (χ4n) is 2.90. The van der Waals surface area contributed by atoms with Gasteiger partial charge < -0.3 is 14.7 Å². The predicted octanol–water partition coefficient (Wildman–Crippen LogP) is 1.73. The second-order valence-corrected chi connectivity index (χ2v) is 5.98. The van der Waals surface area contributed by atoms with E-state index in [2.05, 4.69) is 10.5 Å². The van der Waals surface area contributed by atoms with E-state index in [-0.39, 0.29) is 23.8 Å². The lowest BCUT2D eigenvalue weighted by atomic mass is 10.0. The van der Waals surface area contributed by atoms with Crippen molar-refractivity contribution in [1.29, 1.82) is 0 Å². The first kappa shape index (κ1) is 15.5. The van der Waals surface area contributed by atoms with Crippen LogP contribution >= 0.6 is 0 Å². The van der Waals surface area contributed by atoms with Crippen LogP contribution in [-0.4, -0.2) is 34.5 Å². The Morgan fingerprint density at radius 1 is 1.29 bits per heavy atom. The highest BCUT2D eigenvalue weighted by Gasteiger charge is 2.35. The fourth-order valence-corrected chi connectivity index (χ4v) is 2.90. The standard InChI is InChI=1S/C15H23N3O3/c1-8(2)14-15(20)18(7-6-12(19)16-14)10(4)13-9(3)17-21-11(13)5/h8,10,14H,6-7H2,1-5H3,(H,16,19). The van der Waals surface area contributed by atoms with Crippen molar-refractivity contribution in [3.63, 3.8) is 0 Å². The number of aryl methyl sites for hydroxylation is 2. The van der Waals surface area contributed by atoms with Crippen LogP contribution in [0, 0.1) is 19.8 Å². The lowest BCUT2D eigenvalue weighted by Gasteiger charge is -2.31. The summed E-state index contributed by atoms with van der Waals surface area (Å²) in [6.45, 7) is 9.96. The molecule has 1 aliphatic heterocycles. The SMILES string of the molecule is Cc1noc(C)c1C(C)N1CCC(=O)NC(C(C)C)C1=O. The molecule has 2 atom stereocenters. The van der Waals surface area contributed by atoms with Crippen LogP contribution in [0.3, 0.4) is 0 Å². The van der Waals surface area contributed by atoms with Crippen molar-refractivity contribution in [3.05, 3.63) is 17.0 Å². The predicted molar refractivity (Wildman–Crippen MR) is 77.5 cm³/mol. The molecule has 21 heavy (non-hydrogen) atoms. The van der Waals surface area contributed by atoms with E-state index in [1.54, 1.807) is 4.90 Å². The smallest absolute Gasteiger partial charge is 0.245 e. The molecular formula is C15H23N3O3. The maximum atomic E-state index is 12.8. The lowest BCUT2D eigenvalue weighted by molar-refractivity contribution is -0.136. The summed E-state index contributed by atoms with van der Waals surface area (Å²) in [6, 6.07) is -0.624. The molecule has 0 aliphatic carbocycles. The third-order valence-electron chi connectivity index (χ3n) is 4.09. The van der Waals surface area contributed by atoms with Crippen molar-refractivity contribution < 1.29 is 14.1 Å². The highest BCUT2D eigenvalue weighted by atomic mass is 16.5. The molecule has 0 radical (unpaired) electrons. The number of aromatic nitrogens is 1. The summed E-state index contributed by atoms with van der Waals surface area (Å²) in [6.07, 6.45) is 0.322. The molecule has 6 nitrogen and oxygen atoms in total. The van der Waals surface area contributed by atoms with E-state index in [9.17, 15) is 9.59 Å². The van der Waals surface area contributed by atoms with Crippen LogP contribution in [-0.2, 0) is 9.59 Å². The summed E-state index contributed by atoms with van der Waals surface area (Å²) >= 11 is 0. The first-order chi connectivity index (χ1) is 9.82. The first-order valence-corrected chi connectivity index (χ1v) is 7.35. The van der Waals surface area contributed by atoms with Gasteiger partial charge in [-0.3, -0.25) is 9.59 Å². The van der Waals surface area contributed by atoms with Gasteiger partial charge >= 0.3 is 0 Å². The van der Waals surface area contributed by atoms with Crippen molar-refractivity contribution in [1.82, 2.24) is 15.4 Å². The lowest BCUT2D eigenvalue weighted by Crippen LogP contribution is -2.48. The number of nitrogens with zero attached hydrogens (tertiary/aromatic N) is 2. The Hall–Kier alpha value is -1.85. The summed E-state index contributed by atoms with van der Waals surface area (Å²) in [5.41, 5.74) is 1.72. The van der Waals surface area contributed by atoms with Crippen LogP contribution < -0.4 is 5.32 Å². The third-order valence-corrected chi connectivity index (χ3v) is 4.09. The van der Waals surface area contributed by atoms with E-state index in [4.69, 9.17) is 4.52 Å². The van der Waals surface area contributed by atoms with Gasteiger partial charge in [-0.15, -0.1) is 0 Å². The Kier molecular flexibility index (Phi) is 4.34. The molecule has 0 spiro atoms. The molecular weight excluding hydrogens is 270 g/mol. The third kappa shape index (κ3) is 2.94. The number of nitrogens with one attached hydrogen (secondary N) is 1. The zero-order valence-electron chi connectivity index (χ0n) is 13.3. The number of hydrogen-bond donors (Lipinski definition) is 1. The Balaban J connectivity index is 2.32. The molecule has 0 bridgehead atoms. The summed E-state index contributed by atoms with van der Waals surface area (Å²) in [5, 5.41) is 6.77. The molecule has 0 saturated carbocycles. The van der Waals surface area contributed by atoms with Gasteiger partial charge in [-0.2, -0.15) is 0 Å². The molecule has 6 heteroatoms. The van der Waals surface area contributed by atoms with Crippen molar-refractivity contribution in [2.75, 3.05) is 6.54 Å². The molecule has 116 valence electrons. The monoisotopic (exact) mass is 293 g/mol. The Labute approximate surface area is 124 Å². The highest BCUT2D eigenvalue weighted by Crippen LogP contribution is 2.28. The molecule has 0 aromatic carbocycles. The van der Waals surface area contributed by atoms with E-state index in [1.165, 1.54) is 0 Å². The average Bonchev–Trinajstić information content (AvgIpc) is 2.65. The van der Waals surface area contributed by atoms with E-state index in [0.29, 0.717) is 13.0 Å². The first-order valence-electron chi connectivity index (χ1n) is 7.35. The number of amides is 2. The van der Waals surface area contributed by atoms with Crippen LogP contribution in [0.1, 0.15) is 50.3 Å². The average molecular weight is 293 g/mol.